The van der Waals surface area contributed by atoms with Crippen LogP contribution in [0.3, 0.4) is 0 Å². The third-order valence-electron chi connectivity index (χ3n) is 8.24. The Labute approximate surface area is 238 Å². The second kappa shape index (κ2) is 11.2. The largest absolute Gasteiger partial charge is 0.494 e. The van der Waals surface area contributed by atoms with Crippen molar-refractivity contribution in [3.63, 3.8) is 0 Å². The number of nitro groups is 1. The van der Waals surface area contributed by atoms with Crippen molar-refractivity contribution < 1.29 is 14.8 Å². The maximum Gasteiger partial charge on any atom is 0.270 e. The number of benzene rings is 3. The number of likely N-dealkylation sites (tertiary alicyclic amines) is 1. The Morgan fingerprint density at radius 1 is 1.02 bits per heavy atom. The highest BCUT2D eigenvalue weighted by Gasteiger charge is 2.22. The van der Waals surface area contributed by atoms with Gasteiger partial charge in [-0.05, 0) is 73.7 Å². The van der Waals surface area contributed by atoms with Crippen molar-refractivity contribution in [2.45, 2.75) is 39.2 Å². The number of carbonyl (C=O) groups is 1. The van der Waals surface area contributed by atoms with Crippen LogP contribution in [0.4, 0.5) is 11.4 Å². The van der Waals surface area contributed by atoms with Crippen molar-refractivity contribution in [1.29, 1.82) is 0 Å². The van der Waals surface area contributed by atoms with E-state index in [9.17, 15) is 20.0 Å². The van der Waals surface area contributed by atoms with Crippen molar-refractivity contribution in [3.8, 4) is 5.88 Å². The number of aromatic hydroxyl groups is 1. The maximum atomic E-state index is 11.9. The first-order valence-corrected chi connectivity index (χ1v) is 14.1. The van der Waals surface area contributed by atoms with Gasteiger partial charge in [-0.2, -0.15) is 0 Å². The van der Waals surface area contributed by atoms with Gasteiger partial charge in [0, 0.05) is 55.2 Å². The van der Waals surface area contributed by atoms with Crippen LogP contribution < -0.4 is 0 Å². The topological polar surface area (TPSA) is 115 Å². The van der Waals surface area contributed by atoms with E-state index in [1.165, 1.54) is 30.5 Å². The van der Waals surface area contributed by atoms with Gasteiger partial charge in [-0.3, -0.25) is 14.9 Å². The molecule has 4 aromatic rings. The molecule has 0 atom stereocenters. The molecule has 1 amide bonds. The number of nitro benzene ring substituents is 1. The van der Waals surface area contributed by atoms with E-state index in [4.69, 9.17) is 4.99 Å². The molecule has 2 aliphatic heterocycles. The first-order chi connectivity index (χ1) is 19.9. The third kappa shape index (κ3) is 5.58. The number of H-pyrrole nitrogens is 1. The lowest BCUT2D eigenvalue weighted by atomic mass is 9.97. The molecule has 0 bridgehead atoms. The molecule has 0 saturated carbocycles. The normalized spacial score (nSPS) is 15.8. The number of aromatic amines is 1. The Morgan fingerprint density at radius 3 is 2.54 bits per heavy atom. The standard InChI is InChI=1S/C32H33N5O4/c1-21(38)36-17-13-24-18-26(9-8-25(24)20-36)33-31(23-6-4-22(5-7-23)12-16-35-14-2-3-15-35)30-28-19-27(37(40)41)10-11-29(28)34-32(30)39/h4-11,18-19,34,39H,2-3,12-17,20H2,1H3. The molecule has 9 nitrogen and oxygen atoms in total. The summed E-state index contributed by atoms with van der Waals surface area (Å²) >= 11 is 0. The van der Waals surface area contributed by atoms with Gasteiger partial charge in [-0.25, -0.2) is 4.99 Å². The molecule has 3 heterocycles. The van der Waals surface area contributed by atoms with Gasteiger partial charge in [0.25, 0.3) is 5.69 Å². The predicted octanol–water partition coefficient (Wildman–Crippen LogP) is 5.49. The van der Waals surface area contributed by atoms with Gasteiger partial charge in [0.05, 0.1) is 21.9 Å². The first kappa shape index (κ1) is 26.7. The zero-order valence-electron chi connectivity index (χ0n) is 23.1. The number of amides is 1. The van der Waals surface area contributed by atoms with Crippen molar-refractivity contribution in [2.24, 2.45) is 4.99 Å². The molecule has 9 heteroatoms. The van der Waals surface area contributed by atoms with Gasteiger partial charge in [-0.15, -0.1) is 0 Å². The van der Waals surface area contributed by atoms with Crippen LogP contribution in [0.1, 0.15) is 47.6 Å². The molecule has 2 aliphatic rings. The Hall–Kier alpha value is -4.50. The quantitative estimate of drug-likeness (QED) is 0.179. The number of nitrogens with zero attached hydrogens (tertiary/aromatic N) is 4. The summed E-state index contributed by atoms with van der Waals surface area (Å²) in [6, 6.07) is 18.7. The second-order valence-corrected chi connectivity index (χ2v) is 10.9. The number of nitrogens with one attached hydrogen (secondary N) is 1. The molecule has 0 unspecified atom stereocenters. The molecule has 1 fully saturated rings. The summed E-state index contributed by atoms with van der Waals surface area (Å²) in [7, 11) is 0. The fourth-order valence-corrected chi connectivity index (χ4v) is 5.91. The molecule has 6 rings (SSSR count). The van der Waals surface area contributed by atoms with Crippen LogP contribution in [0, 0.1) is 10.1 Å². The number of carbonyl (C=O) groups excluding carboxylic acids is 1. The Bertz CT molecular complexity index is 1650. The van der Waals surface area contributed by atoms with E-state index in [-0.39, 0.29) is 17.5 Å². The number of hydrogen-bond acceptors (Lipinski definition) is 6. The average molecular weight is 552 g/mol. The van der Waals surface area contributed by atoms with E-state index in [0.717, 1.165) is 49.2 Å². The molecule has 0 radical (unpaired) electrons. The monoisotopic (exact) mass is 551 g/mol. The van der Waals surface area contributed by atoms with Gasteiger partial charge >= 0.3 is 0 Å². The molecule has 3 aromatic carbocycles. The zero-order valence-corrected chi connectivity index (χ0v) is 23.1. The number of hydrogen-bond donors (Lipinski definition) is 2. The number of aliphatic imine (C=N–C) groups is 1. The zero-order chi connectivity index (χ0) is 28.5. The molecule has 41 heavy (non-hydrogen) atoms. The van der Waals surface area contributed by atoms with Crippen molar-refractivity contribution in [2.75, 3.05) is 26.2 Å². The van der Waals surface area contributed by atoms with E-state index in [1.54, 1.807) is 13.0 Å². The highest BCUT2D eigenvalue weighted by Crippen LogP contribution is 2.34. The second-order valence-electron chi connectivity index (χ2n) is 10.9. The predicted molar refractivity (Wildman–Crippen MR) is 159 cm³/mol. The Kier molecular flexibility index (Phi) is 7.28. The molecule has 1 saturated heterocycles. The van der Waals surface area contributed by atoms with Gasteiger partial charge in [-0.1, -0.05) is 30.3 Å². The summed E-state index contributed by atoms with van der Waals surface area (Å²) < 4.78 is 0. The smallest absolute Gasteiger partial charge is 0.270 e. The SMILES string of the molecule is CC(=O)N1CCc2cc(N=C(c3ccc(CCN4CCCC4)cc3)c3c(O)[nH]c4ccc([N+](=O)[O-])cc34)ccc2C1. The summed E-state index contributed by atoms with van der Waals surface area (Å²) in [4.78, 5) is 35.3. The Morgan fingerprint density at radius 2 is 1.80 bits per heavy atom. The minimum Gasteiger partial charge on any atom is -0.494 e. The summed E-state index contributed by atoms with van der Waals surface area (Å²) in [6.45, 7) is 6.18. The summed E-state index contributed by atoms with van der Waals surface area (Å²) in [5.74, 6) is -0.0276. The number of non-ortho nitro benzene ring substituents is 1. The van der Waals surface area contributed by atoms with Crippen LogP contribution in [0.15, 0.2) is 65.7 Å². The van der Waals surface area contributed by atoms with E-state index < -0.39 is 4.92 Å². The molecular weight excluding hydrogens is 518 g/mol. The number of rotatable bonds is 7. The average Bonchev–Trinajstić information content (AvgIpc) is 3.61. The molecule has 0 aliphatic carbocycles. The lowest BCUT2D eigenvalue weighted by Crippen LogP contribution is -2.34. The number of aromatic nitrogens is 1. The number of fused-ring (bicyclic) bond motifs is 2. The summed E-state index contributed by atoms with van der Waals surface area (Å²) in [5.41, 5.74) is 6.47. The van der Waals surface area contributed by atoms with Crippen LogP contribution >= 0.6 is 0 Å². The molecule has 210 valence electrons. The van der Waals surface area contributed by atoms with Gasteiger partial charge in [0.15, 0.2) is 5.88 Å². The van der Waals surface area contributed by atoms with Gasteiger partial charge in [0.1, 0.15) is 0 Å². The minimum atomic E-state index is -0.437. The lowest BCUT2D eigenvalue weighted by molar-refractivity contribution is -0.384. The lowest BCUT2D eigenvalue weighted by Gasteiger charge is -2.28. The van der Waals surface area contributed by atoms with Crippen LogP contribution in [-0.4, -0.2) is 62.6 Å². The van der Waals surface area contributed by atoms with Gasteiger partial charge < -0.3 is 19.9 Å². The highest BCUT2D eigenvalue weighted by atomic mass is 16.6. The summed E-state index contributed by atoms with van der Waals surface area (Å²) in [5, 5.41) is 23.2. The van der Waals surface area contributed by atoms with Crippen molar-refractivity contribution in [3.05, 3.63) is 98.6 Å². The Balaban J connectivity index is 1.41. The fraction of sp³-hybridized carbons (Fsp3) is 0.312. The van der Waals surface area contributed by atoms with Crippen LogP contribution in [0.2, 0.25) is 0 Å². The highest BCUT2D eigenvalue weighted by molar-refractivity contribution is 6.22. The van der Waals surface area contributed by atoms with E-state index in [1.807, 2.05) is 35.2 Å². The van der Waals surface area contributed by atoms with E-state index >= 15 is 0 Å². The van der Waals surface area contributed by atoms with Crippen molar-refractivity contribution in [1.82, 2.24) is 14.8 Å². The van der Waals surface area contributed by atoms with Crippen LogP contribution in [-0.2, 0) is 24.2 Å². The fourth-order valence-electron chi connectivity index (χ4n) is 5.91. The van der Waals surface area contributed by atoms with E-state index in [0.29, 0.717) is 41.0 Å². The van der Waals surface area contributed by atoms with Crippen LogP contribution in [0.5, 0.6) is 5.88 Å². The van der Waals surface area contributed by atoms with Gasteiger partial charge in [0.2, 0.25) is 5.91 Å². The maximum absolute atomic E-state index is 11.9. The summed E-state index contributed by atoms with van der Waals surface area (Å²) in [6.07, 6.45) is 4.23. The van der Waals surface area contributed by atoms with Crippen molar-refractivity contribution >= 4 is 33.9 Å². The molecular formula is C32H33N5O4. The third-order valence-corrected chi connectivity index (χ3v) is 8.24. The van der Waals surface area contributed by atoms with E-state index in [2.05, 4.69) is 22.0 Å². The minimum absolute atomic E-state index is 0.0573. The molecule has 1 aromatic heterocycles. The van der Waals surface area contributed by atoms with Crippen LogP contribution in [0.25, 0.3) is 10.9 Å². The first-order valence-electron chi connectivity index (χ1n) is 14.1. The molecule has 0 spiro atoms. The molecule has 2 N–H and O–H groups in total.